The molecular formula is C15H12F2N2O2. The smallest absolute Gasteiger partial charge is 0.221 e. The first-order valence-corrected chi connectivity index (χ1v) is 6.11. The van der Waals surface area contributed by atoms with Crippen LogP contribution in [0.15, 0.2) is 30.6 Å². The quantitative estimate of drug-likeness (QED) is 0.794. The van der Waals surface area contributed by atoms with Crippen LogP contribution in [-0.4, -0.2) is 16.6 Å². The first kappa shape index (κ1) is 14.7. The number of nitrogens with zero attached hydrogens (tertiary/aromatic N) is 2. The van der Waals surface area contributed by atoms with Crippen LogP contribution in [-0.2, 0) is 6.61 Å². The molecule has 0 aliphatic carbocycles. The molecule has 0 amide bonds. The average Bonchev–Trinajstić information content (AvgIpc) is 2.47. The van der Waals surface area contributed by atoms with E-state index in [1.54, 1.807) is 6.92 Å². The number of ether oxygens (including phenoxy) is 2. The predicted octanol–water partition coefficient (Wildman–Crippen LogP) is 2.74. The summed E-state index contributed by atoms with van der Waals surface area (Å²) in [5, 5.41) is 0. The van der Waals surface area contributed by atoms with Crippen molar-refractivity contribution < 1.29 is 18.3 Å². The zero-order chi connectivity index (χ0) is 15.1. The average molecular weight is 290 g/mol. The van der Waals surface area contributed by atoms with Gasteiger partial charge in [0.2, 0.25) is 11.8 Å². The van der Waals surface area contributed by atoms with Gasteiger partial charge in [-0.3, -0.25) is 0 Å². The molecule has 0 bridgehead atoms. The van der Waals surface area contributed by atoms with E-state index in [-0.39, 0.29) is 30.5 Å². The van der Waals surface area contributed by atoms with Gasteiger partial charge in [0.1, 0.15) is 24.6 Å². The highest BCUT2D eigenvalue weighted by molar-refractivity contribution is 5.22. The number of aromatic nitrogens is 2. The van der Waals surface area contributed by atoms with E-state index in [4.69, 9.17) is 9.47 Å². The van der Waals surface area contributed by atoms with Crippen molar-refractivity contribution in [1.29, 1.82) is 0 Å². The predicted molar refractivity (Wildman–Crippen MR) is 71.7 cm³/mol. The van der Waals surface area contributed by atoms with Crippen LogP contribution in [0.2, 0.25) is 0 Å². The van der Waals surface area contributed by atoms with Crippen LogP contribution in [0.4, 0.5) is 8.78 Å². The molecule has 1 aromatic heterocycles. The van der Waals surface area contributed by atoms with E-state index in [2.05, 4.69) is 21.8 Å². The Morgan fingerprint density at radius 2 is 1.76 bits per heavy atom. The molecule has 0 atom stereocenters. The molecule has 0 unspecified atom stereocenters. The Morgan fingerprint density at radius 1 is 1.10 bits per heavy atom. The van der Waals surface area contributed by atoms with Gasteiger partial charge in [-0.25, -0.2) is 18.7 Å². The molecule has 0 fully saturated rings. The molecule has 6 heteroatoms. The summed E-state index contributed by atoms with van der Waals surface area (Å²) in [4.78, 5) is 7.72. The Morgan fingerprint density at radius 3 is 2.43 bits per heavy atom. The highest BCUT2D eigenvalue weighted by Gasteiger charge is 2.10. The number of rotatable bonds is 5. The molecule has 4 nitrogen and oxygen atoms in total. The first-order chi connectivity index (χ1) is 10.2. The Balaban J connectivity index is 2.02. The third kappa shape index (κ3) is 4.14. The second kappa shape index (κ2) is 7.20. The van der Waals surface area contributed by atoms with E-state index in [1.165, 1.54) is 30.6 Å². The van der Waals surface area contributed by atoms with Crippen LogP contribution in [0, 0.1) is 23.5 Å². The van der Waals surface area contributed by atoms with Crippen LogP contribution < -0.4 is 9.47 Å². The molecule has 0 aliphatic rings. The molecule has 1 heterocycles. The summed E-state index contributed by atoms with van der Waals surface area (Å²) in [6.07, 6.45) is 1.24. The molecule has 21 heavy (non-hydrogen) atoms. The van der Waals surface area contributed by atoms with E-state index in [9.17, 15) is 8.78 Å². The maximum Gasteiger partial charge on any atom is 0.221 e. The molecule has 0 saturated heterocycles. The van der Waals surface area contributed by atoms with E-state index in [0.29, 0.717) is 0 Å². The van der Waals surface area contributed by atoms with Crippen molar-refractivity contribution in [3.05, 3.63) is 47.8 Å². The lowest BCUT2D eigenvalue weighted by Crippen LogP contribution is -2.04. The van der Waals surface area contributed by atoms with Gasteiger partial charge >= 0.3 is 0 Å². The van der Waals surface area contributed by atoms with Gasteiger partial charge in [0, 0.05) is 0 Å². The number of hydrogen-bond acceptors (Lipinski definition) is 4. The first-order valence-electron chi connectivity index (χ1n) is 6.11. The minimum atomic E-state index is -0.668. The zero-order valence-electron chi connectivity index (χ0n) is 11.3. The molecule has 108 valence electrons. The van der Waals surface area contributed by atoms with Crippen LogP contribution in [0.25, 0.3) is 0 Å². The molecule has 0 aliphatic heterocycles. The largest absolute Gasteiger partial charge is 0.472 e. The molecule has 2 aromatic rings. The number of benzene rings is 1. The van der Waals surface area contributed by atoms with Crippen molar-refractivity contribution in [3.63, 3.8) is 0 Å². The van der Waals surface area contributed by atoms with Crippen molar-refractivity contribution in [3.8, 4) is 23.6 Å². The topological polar surface area (TPSA) is 44.2 Å². The highest BCUT2D eigenvalue weighted by atomic mass is 19.1. The SMILES string of the molecule is CC#CCOc1cc(OCc2c(F)cccc2F)ncn1. The molecule has 1 aromatic carbocycles. The summed E-state index contributed by atoms with van der Waals surface area (Å²) in [7, 11) is 0. The molecule has 0 spiro atoms. The summed E-state index contributed by atoms with van der Waals surface area (Å²) >= 11 is 0. The van der Waals surface area contributed by atoms with Gasteiger partial charge in [-0.05, 0) is 19.1 Å². The van der Waals surface area contributed by atoms with Gasteiger partial charge in [-0.2, -0.15) is 0 Å². The Bertz CT molecular complexity index is 661. The summed E-state index contributed by atoms with van der Waals surface area (Å²) in [6, 6.07) is 5.05. The summed E-state index contributed by atoms with van der Waals surface area (Å²) in [5.41, 5.74) is -0.157. The molecular weight excluding hydrogens is 278 g/mol. The van der Waals surface area contributed by atoms with Crippen LogP contribution >= 0.6 is 0 Å². The fourth-order valence-corrected chi connectivity index (χ4v) is 1.48. The van der Waals surface area contributed by atoms with Crippen LogP contribution in [0.1, 0.15) is 12.5 Å². The lowest BCUT2D eigenvalue weighted by atomic mass is 10.2. The van der Waals surface area contributed by atoms with Crippen molar-refractivity contribution in [1.82, 2.24) is 9.97 Å². The van der Waals surface area contributed by atoms with E-state index < -0.39 is 11.6 Å². The fraction of sp³-hybridized carbons (Fsp3) is 0.200. The second-order valence-electron chi connectivity index (χ2n) is 3.90. The molecule has 0 N–H and O–H groups in total. The Kier molecular flexibility index (Phi) is 5.04. The highest BCUT2D eigenvalue weighted by Crippen LogP contribution is 2.17. The molecule has 0 saturated carbocycles. The minimum Gasteiger partial charge on any atom is -0.472 e. The third-order valence-corrected chi connectivity index (χ3v) is 2.51. The van der Waals surface area contributed by atoms with Gasteiger partial charge < -0.3 is 9.47 Å². The van der Waals surface area contributed by atoms with Crippen molar-refractivity contribution in [2.45, 2.75) is 13.5 Å². The van der Waals surface area contributed by atoms with Gasteiger partial charge in [-0.1, -0.05) is 12.0 Å². The van der Waals surface area contributed by atoms with Crippen molar-refractivity contribution in [2.75, 3.05) is 6.61 Å². The number of halogens is 2. The lowest BCUT2D eigenvalue weighted by molar-refractivity contribution is 0.276. The minimum absolute atomic E-state index is 0.157. The van der Waals surface area contributed by atoms with Gasteiger partial charge in [-0.15, -0.1) is 5.92 Å². The summed E-state index contributed by atoms with van der Waals surface area (Å²) < 4.78 is 37.4. The summed E-state index contributed by atoms with van der Waals surface area (Å²) in [5.74, 6) is 4.49. The number of hydrogen-bond donors (Lipinski definition) is 0. The van der Waals surface area contributed by atoms with Crippen LogP contribution in [0.3, 0.4) is 0 Å². The van der Waals surface area contributed by atoms with Crippen molar-refractivity contribution in [2.24, 2.45) is 0 Å². The maximum absolute atomic E-state index is 13.4. The van der Waals surface area contributed by atoms with E-state index >= 15 is 0 Å². The maximum atomic E-state index is 13.4. The van der Waals surface area contributed by atoms with Gasteiger partial charge in [0.05, 0.1) is 11.6 Å². The summed E-state index contributed by atoms with van der Waals surface area (Å²) in [6.45, 7) is 1.61. The van der Waals surface area contributed by atoms with E-state index in [0.717, 1.165) is 0 Å². The Hall–Kier alpha value is -2.68. The molecule has 2 rings (SSSR count). The standard InChI is InChI=1S/C15H12F2N2O2/c1-2-3-7-20-14-8-15(19-10-18-14)21-9-11-12(16)5-4-6-13(11)17/h4-6,8,10H,7,9H2,1H3. The van der Waals surface area contributed by atoms with Gasteiger partial charge in [0.15, 0.2) is 6.61 Å². The third-order valence-electron chi connectivity index (χ3n) is 2.51. The van der Waals surface area contributed by atoms with Crippen molar-refractivity contribution >= 4 is 0 Å². The fourth-order valence-electron chi connectivity index (χ4n) is 1.48. The lowest BCUT2D eigenvalue weighted by Gasteiger charge is -2.08. The normalized spacial score (nSPS) is 9.67. The Labute approximate surface area is 120 Å². The van der Waals surface area contributed by atoms with Crippen LogP contribution in [0.5, 0.6) is 11.8 Å². The zero-order valence-corrected chi connectivity index (χ0v) is 11.3. The molecule has 0 radical (unpaired) electrons. The second-order valence-corrected chi connectivity index (χ2v) is 3.90. The monoisotopic (exact) mass is 290 g/mol. The van der Waals surface area contributed by atoms with E-state index in [1.807, 2.05) is 0 Å². The van der Waals surface area contributed by atoms with Gasteiger partial charge in [0.25, 0.3) is 0 Å².